The van der Waals surface area contributed by atoms with E-state index in [0.717, 1.165) is 24.3 Å². The number of carbonyl (C=O) groups is 1. The molecule has 0 fully saturated rings. The van der Waals surface area contributed by atoms with Crippen molar-refractivity contribution in [2.45, 2.75) is 38.8 Å². The van der Waals surface area contributed by atoms with Crippen LogP contribution < -0.4 is 5.32 Å². The molecule has 1 N–H and O–H groups in total. The number of allylic oxidation sites excluding steroid dienone is 1. The minimum absolute atomic E-state index is 0.103. The van der Waals surface area contributed by atoms with Gasteiger partial charge in [0.1, 0.15) is 0 Å². The summed E-state index contributed by atoms with van der Waals surface area (Å²) in [5.74, 6) is -0.523. The van der Waals surface area contributed by atoms with Gasteiger partial charge in [-0.1, -0.05) is 24.3 Å². The highest BCUT2D eigenvalue weighted by Gasteiger charge is 2.37. The van der Waals surface area contributed by atoms with Crippen LogP contribution in [0.4, 0.5) is 26.3 Å². The van der Waals surface area contributed by atoms with Gasteiger partial charge in [0.2, 0.25) is 0 Å². The number of hydrogen-bond acceptors (Lipinski definition) is 3. The number of halogens is 6. The van der Waals surface area contributed by atoms with Crippen molar-refractivity contribution >= 4 is 11.9 Å². The van der Waals surface area contributed by atoms with Gasteiger partial charge >= 0.3 is 18.3 Å². The Labute approximate surface area is 198 Å². The average Bonchev–Trinajstić information content (AvgIpc) is 2.81. The number of carbonyl (C=O) groups excluding carboxylic acids is 1. The first kappa shape index (κ1) is 26.1. The molecule has 1 aliphatic heterocycles. The normalized spacial score (nSPS) is 18.0. The Morgan fingerprint density at radius 1 is 1.03 bits per heavy atom. The molecular weight excluding hydrogens is 476 g/mol. The molecule has 188 valence electrons. The molecule has 35 heavy (non-hydrogen) atoms. The molecule has 0 amide bonds. The highest BCUT2D eigenvalue weighted by atomic mass is 19.4. The SMILES string of the molecule is CCN1C(=NCc2cccc(C(F)(F)F)c2)N[C@@H](c2cccc(C(F)(F)F)c2)C(C(=O)OC)=C1C. The van der Waals surface area contributed by atoms with Crippen molar-refractivity contribution < 1.29 is 35.9 Å². The number of nitrogens with zero attached hydrogens (tertiary/aromatic N) is 2. The summed E-state index contributed by atoms with van der Waals surface area (Å²) in [6.07, 6.45) is -9.10. The predicted octanol–water partition coefficient (Wildman–Crippen LogP) is 5.69. The molecule has 0 saturated heterocycles. The van der Waals surface area contributed by atoms with Crippen LogP contribution >= 0.6 is 0 Å². The molecule has 0 unspecified atom stereocenters. The number of esters is 1. The summed E-state index contributed by atoms with van der Waals surface area (Å²) in [5, 5.41) is 2.99. The van der Waals surface area contributed by atoms with Gasteiger partial charge in [-0.2, -0.15) is 26.3 Å². The van der Waals surface area contributed by atoms with Crippen LogP contribution in [0.25, 0.3) is 0 Å². The van der Waals surface area contributed by atoms with E-state index in [4.69, 9.17) is 4.74 Å². The summed E-state index contributed by atoms with van der Waals surface area (Å²) in [6.45, 7) is 3.58. The lowest BCUT2D eigenvalue weighted by Crippen LogP contribution is -2.49. The number of hydrogen-bond donors (Lipinski definition) is 1. The summed E-state index contributed by atoms with van der Waals surface area (Å²) in [5.41, 5.74) is -0.748. The quantitative estimate of drug-likeness (QED) is 0.424. The molecule has 1 atom stereocenters. The van der Waals surface area contributed by atoms with E-state index in [1.807, 2.05) is 0 Å². The lowest BCUT2D eigenvalue weighted by molar-refractivity contribution is -0.138. The summed E-state index contributed by atoms with van der Waals surface area (Å²) >= 11 is 0. The van der Waals surface area contributed by atoms with E-state index in [1.165, 1.54) is 31.4 Å². The summed E-state index contributed by atoms with van der Waals surface area (Å²) < 4.78 is 84.0. The van der Waals surface area contributed by atoms with E-state index in [1.54, 1.807) is 18.7 Å². The Morgan fingerprint density at radius 2 is 1.63 bits per heavy atom. The number of methoxy groups -OCH3 is 1. The van der Waals surface area contributed by atoms with Crippen LogP contribution in [0.2, 0.25) is 0 Å². The number of guanidine groups is 1. The van der Waals surface area contributed by atoms with Crippen LogP contribution in [0.15, 0.2) is 64.8 Å². The van der Waals surface area contributed by atoms with Crippen LogP contribution in [0.5, 0.6) is 0 Å². The second kappa shape index (κ2) is 10.0. The Kier molecular flexibility index (Phi) is 7.47. The number of aliphatic imine (C=N–C) groups is 1. The molecule has 1 aliphatic rings. The standard InChI is InChI=1S/C24H23F6N3O2/c1-4-33-14(2)19(21(34)35-3)20(16-8-6-10-18(12-16)24(28,29)30)32-22(33)31-13-15-7-5-9-17(11-15)23(25,26)27/h5-12,20H,4,13H2,1-3H3,(H,31,32)/t20-/m0/s1. The highest BCUT2D eigenvalue weighted by molar-refractivity contribution is 5.96. The lowest BCUT2D eigenvalue weighted by atomic mass is 9.93. The number of nitrogens with one attached hydrogen (secondary N) is 1. The molecular formula is C24H23F6N3O2. The average molecular weight is 499 g/mol. The Hall–Kier alpha value is -3.50. The van der Waals surface area contributed by atoms with E-state index in [2.05, 4.69) is 10.3 Å². The molecule has 3 rings (SSSR count). The van der Waals surface area contributed by atoms with Gasteiger partial charge in [0.15, 0.2) is 5.96 Å². The second-order valence-electron chi connectivity index (χ2n) is 7.77. The third-order valence-corrected chi connectivity index (χ3v) is 5.55. The van der Waals surface area contributed by atoms with Crippen molar-refractivity contribution in [3.63, 3.8) is 0 Å². The molecule has 0 aromatic heterocycles. The minimum Gasteiger partial charge on any atom is -0.466 e. The topological polar surface area (TPSA) is 53.9 Å². The molecule has 11 heteroatoms. The maximum Gasteiger partial charge on any atom is 0.416 e. The Morgan fingerprint density at radius 3 is 2.20 bits per heavy atom. The minimum atomic E-state index is -4.59. The molecule has 0 bridgehead atoms. The van der Waals surface area contributed by atoms with Gasteiger partial charge < -0.3 is 15.0 Å². The van der Waals surface area contributed by atoms with E-state index in [-0.39, 0.29) is 23.6 Å². The molecule has 0 radical (unpaired) electrons. The number of alkyl halides is 6. The third kappa shape index (κ3) is 5.77. The molecule has 0 saturated carbocycles. The first-order chi connectivity index (χ1) is 16.4. The van der Waals surface area contributed by atoms with E-state index >= 15 is 0 Å². The molecule has 2 aromatic carbocycles. The maximum atomic E-state index is 13.3. The van der Waals surface area contributed by atoms with Crippen LogP contribution in [-0.4, -0.2) is 30.5 Å². The van der Waals surface area contributed by atoms with Gasteiger partial charge in [0.25, 0.3) is 0 Å². The fourth-order valence-corrected chi connectivity index (χ4v) is 3.84. The Bertz CT molecular complexity index is 1150. The molecule has 0 aliphatic carbocycles. The van der Waals surface area contributed by atoms with Gasteiger partial charge in [-0.15, -0.1) is 0 Å². The van der Waals surface area contributed by atoms with Gasteiger partial charge in [-0.3, -0.25) is 0 Å². The Balaban J connectivity index is 2.05. The van der Waals surface area contributed by atoms with E-state index < -0.39 is 35.5 Å². The van der Waals surface area contributed by atoms with Crippen molar-refractivity contribution in [2.24, 2.45) is 4.99 Å². The van der Waals surface area contributed by atoms with Crippen LogP contribution in [0.3, 0.4) is 0 Å². The van der Waals surface area contributed by atoms with Crippen LogP contribution in [0.1, 0.15) is 42.1 Å². The van der Waals surface area contributed by atoms with Crippen molar-refractivity contribution in [3.8, 4) is 0 Å². The van der Waals surface area contributed by atoms with Gasteiger partial charge in [0, 0.05) is 12.2 Å². The zero-order chi connectivity index (χ0) is 26.0. The van der Waals surface area contributed by atoms with E-state index in [9.17, 15) is 31.1 Å². The molecule has 1 heterocycles. The van der Waals surface area contributed by atoms with Crippen molar-refractivity contribution in [2.75, 3.05) is 13.7 Å². The lowest BCUT2D eigenvalue weighted by Gasteiger charge is -2.37. The van der Waals surface area contributed by atoms with Crippen LogP contribution in [-0.2, 0) is 28.4 Å². The molecule has 2 aromatic rings. The van der Waals surface area contributed by atoms with E-state index in [0.29, 0.717) is 17.8 Å². The highest BCUT2D eigenvalue weighted by Crippen LogP contribution is 2.35. The fourth-order valence-electron chi connectivity index (χ4n) is 3.84. The first-order valence-electron chi connectivity index (χ1n) is 10.6. The van der Waals surface area contributed by atoms with Crippen molar-refractivity contribution in [3.05, 3.63) is 82.1 Å². The van der Waals surface area contributed by atoms with Gasteiger partial charge in [-0.05, 0) is 49.2 Å². The van der Waals surface area contributed by atoms with Crippen molar-refractivity contribution in [1.29, 1.82) is 0 Å². The van der Waals surface area contributed by atoms with Gasteiger partial charge in [0.05, 0.1) is 36.4 Å². The number of rotatable bonds is 5. The van der Waals surface area contributed by atoms with Gasteiger partial charge in [-0.25, -0.2) is 9.79 Å². The monoisotopic (exact) mass is 499 g/mol. The largest absolute Gasteiger partial charge is 0.466 e. The fraction of sp³-hybridized carbons (Fsp3) is 0.333. The molecule has 0 spiro atoms. The molecule has 5 nitrogen and oxygen atoms in total. The van der Waals surface area contributed by atoms with Crippen molar-refractivity contribution in [1.82, 2.24) is 10.2 Å². The first-order valence-corrected chi connectivity index (χ1v) is 10.6. The number of benzene rings is 2. The summed E-state index contributed by atoms with van der Waals surface area (Å²) in [4.78, 5) is 18.6. The maximum absolute atomic E-state index is 13.3. The second-order valence-corrected chi connectivity index (χ2v) is 7.77. The summed E-state index contributed by atoms with van der Waals surface area (Å²) in [6, 6.07) is 8.20. The zero-order valence-electron chi connectivity index (χ0n) is 19.1. The predicted molar refractivity (Wildman–Crippen MR) is 117 cm³/mol. The zero-order valence-corrected chi connectivity index (χ0v) is 19.1. The summed E-state index contributed by atoms with van der Waals surface area (Å²) in [7, 11) is 1.17. The van der Waals surface area contributed by atoms with Crippen LogP contribution in [0, 0.1) is 0 Å². The third-order valence-electron chi connectivity index (χ3n) is 5.55. The smallest absolute Gasteiger partial charge is 0.416 e. The number of ether oxygens (including phenoxy) is 1.